The number of hydrogen-bond acceptors (Lipinski definition) is 2. The first-order chi connectivity index (χ1) is 8.19. The minimum Gasteiger partial charge on any atom is -0.407 e. The molecule has 1 fully saturated rings. The molecule has 2 rings (SSSR count). The van der Waals surface area contributed by atoms with Gasteiger partial charge in [-0.05, 0) is 30.4 Å². The van der Waals surface area contributed by atoms with Crippen molar-refractivity contribution in [3.63, 3.8) is 0 Å². The van der Waals surface area contributed by atoms with Gasteiger partial charge in [-0.25, -0.2) is 4.39 Å². The van der Waals surface area contributed by atoms with Crippen molar-refractivity contribution in [1.29, 1.82) is 0 Å². The zero-order chi connectivity index (χ0) is 12.3. The third kappa shape index (κ3) is 2.69. The molecule has 0 atom stereocenters. The van der Waals surface area contributed by atoms with E-state index in [9.17, 15) is 4.39 Å². The molecule has 0 aromatic heterocycles. The fraction of sp³-hybridized carbons (Fsp3) is 0.538. The van der Waals surface area contributed by atoms with Crippen molar-refractivity contribution in [2.45, 2.75) is 26.7 Å². The average molecular weight is 236 g/mol. The van der Waals surface area contributed by atoms with Gasteiger partial charge in [0.05, 0.1) is 0 Å². The molecule has 1 heterocycles. The van der Waals surface area contributed by atoms with Crippen molar-refractivity contribution in [2.75, 3.05) is 13.2 Å². The summed E-state index contributed by atoms with van der Waals surface area (Å²) in [6, 6.07) is 6.29. The zero-order valence-corrected chi connectivity index (χ0v) is 10.4. The molecule has 0 radical (unpaired) electrons. The van der Waals surface area contributed by atoms with Crippen LogP contribution in [-0.2, 0) is 9.31 Å². The van der Waals surface area contributed by atoms with Crippen LogP contribution in [-0.4, -0.2) is 20.3 Å². The van der Waals surface area contributed by atoms with Crippen molar-refractivity contribution in [3.05, 3.63) is 30.1 Å². The van der Waals surface area contributed by atoms with Crippen LogP contribution in [0.5, 0.6) is 0 Å². The van der Waals surface area contributed by atoms with Crippen LogP contribution in [0.2, 0.25) is 0 Å². The van der Waals surface area contributed by atoms with Gasteiger partial charge >= 0.3 is 7.12 Å². The summed E-state index contributed by atoms with van der Waals surface area (Å²) in [5.41, 5.74) is 1.03. The Kier molecular flexibility index (Phi) is 3.84. The predicted octanol–water partition coefficient (Wildman–Crippen LogP) is 2.37. The minimum atomic E-state index is -0.346. The molecule has 1 aliphatic heterocycles. The van der Waals surface area contributed by atoms with Gasteiger partial charge in [0, 0.05) is 18.6 Å². The molecular formula is C13H18BFO2. The molecule has 1 aromatic rings. The Morgan fingerprint density at radius 3 is 2.12 bits per heavy atom. The Morgan fingerprint density at radius 1 is 1.12 bits per heavy atom. The smallest absolute Gasteiger partial charge is 0.407 e. The molecule has 1 saturated heterocycles. The van der Waals surface area contributed by atoms with Crippen LogP contribution in [0.3, 0.4) is 0 Å². The van der Waals surface area contributed by atoms with Crippen molar-refractivity contribution in [2.24, 2.45) is 5.41 Å². The van der Waals surface area contributed by atoms with E-state index in [4.69, 9.17) is 9.31 Å². The predicted molar refractivity (Wildman–Crippen MR) is 66.7 cm³/mol. The van der Waals surface area contributed by atoms with Crippen LogP contribution in [0, 0.1) is 11.2 Å². The van der Waals surface area contributed by atoms with E-state index < -0.39 is 0 Å². The van der Waals surface area contributed by atoms with E-state index in [0.29, 0.717) is 13.2 Å². The maximum absolute atomic E-state index is 12.8. The van der Waals surface area contributed by atoms with E-state index in [0.717, 1.165) is 18.3 Å². The van der Waals surface area contributed by atoms with Gasteiger partial charge in [0.1, 0.15) is 5.82 Å². The molecule has 0 aliphatic carbocycles. The van der Waals surface area contributed by atoms with E-state index >= 15 is 0 Å². The Hall–Kier alpha value is -0.865. The lowest BCUT2D eigenvalue weighted by atomic mass is 9.74. The third-order valence-electron chi connectivity index (χ3n) is 3.72. The minimum absolute atomic E-state index is 0.149. The second-order valence-corrected chi connectivity index (χ2v) is 4.71. The van der Waals surface area contributed by atoms with Gasteiger partial charge in [0.15, 0.2) is 0 Å². The van der Waals surface area contributed by atoms with E-state index in [1.165, 1.54) is 12.1 Å². The second-order valence-electron chi connectivity index (χ2n) is 4.71. The van der Waals surface area contributed by atoms with Crippen molar-refractivity contribution < 1.29 is 13.7 Å². The molecule has 0 saturated carbocycles. The maximum atomic E-state index is 12.8. The first kappa shape index (κ1) is 12.6. The summed E-state index contributed by atoms with van der Waals surface area (Å²) < 4.78 is 24.3. The lowest BCUT2D eigenvalue weighted by Gasteiger charge is -2.38. The van der Waals surface area contributed by atoms with Gasteiger partial charge in [-0.2, -0.15) is 0 Å². The summed E-state index contributed by atoms with van der Waals surface area (Å²) in [6.45, 7) is 5.74. The van der Waals surface area contributed by atoms with Crippen LogP contribution >= 0.6 is 0 Å². The molecule has 92 valence electrons. The van der Waals surface area contributed by atoms with Gasteiger partial charge in [-0.15, -0.1) is 0 Å². The number of hydrogen-bond donors (Lipinski definition) is 0. The van der Waals surface area contributed by atoms with Crippen LogP contribution in [0.25, 0.3) is 0 Å². The topological polar surface area (TPSA) is 18.5 Å². The molecule has 2 nitrogen and oxygen atoms in total. The van der Waals surface area contributed by atoms with Crippen molar-refractivity contribution >= 4 is 12.6 Å². The molecule has 17 heavy (non-hydrogen) atoms. The quantitative estimate of drug-likeness (QED) is 0.750. The summed E-state index contributed by atoms with van der Waals surface area (Å²) in [7, 11) is -0.346. The Labute approximate surface area is 102 Å². The molecule has 4 heteroatoms. The molecule has 0 unspecified atom stereocenters. The molecule has 1 aliphatic rings. The van der Waals surface area contributed by atoms with Gasteiger partial charge < -0.3 is 9.31 Å². The van der Waals surface area contributed by atoms with Crippen LogP contribution in [0.15, 0.2) is 24.3 Å². The summed E-state index contributed by atoms with van der Waals surface area (Å²) in [5.74, 6) is -0.235. The van der Waals surface area contributed by atoms with Gasteiger partial charge in [-0.1, -0.05) is 26.0 Å². The highest BCUT2D eigenvalue weighted by molar-refractivity contribution is 6.61. The molecular weight excluding hydrogens is 218 g/mol. The third-order valence-corrected chi connectivity index (χ3v) is 3.72. The summed E-state index contributed by atoms with van der Waals surface area (Å²) in [5, 5.41) is 0. The van der Waals surface area contributed by atoms with Crippen LogP contribution in [0.1, 0.15) is 26.7 Å². The van der Waals surface area contributed by atoms with E-state index in [1.807, 2.05) is 0 Å². The van der Waals surface area contributed by atoms with E-state index in [2.05, 4.69) is 13.8 Å². The highest BCUT2D eigenvalue weighted by Crippen LogP contribution is 2.30. The van der Waals surface area contributed by atoms with Crippen LogP contribution in [0.4, 0.5) is 4.39 Å². The summed E-state index contributed by atoms with van der Waals surface area (Å²) >= 11 is 0. The monoisotopic (exact) mass is 236 g/mol. The van der Waals surface area contributed by atoms with Gasteiger partial charge in [0.2, 0.25) is 0 Å². The first-order valence-electron chi connectivity index (χ1n) is 6.18. The summed E-state index contributed by atoms with van der Waals surface area (Å²) in [4.78, 5) is 0. The zero-order valence-electron chi connectivity index (χ0n) is 10.4. The largest absolute Gasteiger partial charge is 0.493 e. The molecule has 0 N–H and O–H groups in total. The Morgan fingerprint density at radius 2 is 1.65 bits per heavy atom. The highest BCUT2D eigenvalue weighted by Gasteiger charge is 2.37. The van der Waals surface area contributed by atoms with Crippen molar-refractivity contribution in [3.8, 4) is 0 Å². The number of rotatable bonds is 3. The Bertz CT molecular complexity index is 352. The maximum Gasteiger partial charge on any atom is 0.493 e. The lowest BCUT2D eigenvalue weighted by molar-refractivity contribution is 0.00436. The normalized spacial score (nSPS) is 19.4. The van der Waals surface area contributed by atoms with Gasteiger partial charge in [-0.3, -0.25) is 0 Å². The van der Waals surface area contributed by atoms with E-state index in [-0.39, 0.29) is 18.4 Å². The number of benzene rings is 1. The highest BCUT2D eigenvalue weighted by atomic mass is 19.1. The van der Waals surface area contributed by atoms with Crippen molar-refractivity contribution in [1.82, 2.24) is 0 Å². The fourth-order valence-corrected chi connectivity index (χ4v) is 2.07. The molecule has 0 bridgehead atoms. The molecule has 0 amide bonds. The summed E-state index contributed by atoms with van der Waals surface area (Å²) in [6.07, 6.45) is 2.11. The van der Waals surface area contributed by atoms with Crippen LogP contribution < -0.4 is 5.46 Å². The SMILES string of the molecule is CCC1(CC)COB(c2ccc(F)cc2)OC1. The lowest BCUT2D eigenvalue weighted by Crippen LogP contribution is -2.49. The fourth-order valence-electron chi connectivity index (χ4n) is 2.07. The molecule has 1 aromatic carbocycles. The standard InChI is InChI=1S/C13H18BFO2/c1-3-13(4-2)9-16-14(17-10-13)11-5-7-12(15)8-6-11/h5-8H,3-4,9-10H2,1-2H3. The second kappa shape index (κ2) is 5.19. The Balaban J connectivity index is 2.01. The number of halogens is 1. The first-order valence-corrected chi connectivity index (χ1v) is 6.18. The van der Waals surface area contributed by atoms with Gasteiger partial charge in [0.25, 0.3) is 0 Å². The molecule has 0 spiro atoms. The van der Waals surface area contributed by atoms with E-state index in [1.54, 1.807) is 12.1 Å². The average Bonchev–Trinajstić information content (AvgIpc) is 2.40.